The van der Waals surface area contributed by atoms with Gasteiger partial charge in [-0.05, 0) is 30.3 Å². The number of rotatable bonds is 4. The molecular weight excluding hydrogens is 470 g/mol. The maximum absolute atomic E-state index is 13.9. The highest BCUT2D eigenvalue weighted by atomic mass is 79.9. The second-order valence-corrected chi connectivity index (χ2v) is 7.70. The maximum atomic E-state index is 13.9. The number of halogens is 5. The molecule has 0 saturated carbocycles. The van der Waals surface area contributed by atoms with Crippen molar-refractivity contribution in [2.75, 3.05) is 38.0 Å². The number of carbonyl (C=O) groups is 2. The van der Waals surface area contributed by atoms with E-state index in [1.54, 1.807) is 4.90 Å². The summed E-state index contributed by atoms with van der Waals surface area (Å²) >= 11 is 3.21. The average Bonchev–Trinajstić information content (AvgIpc) is 2.69. The molecule has 160 valence electrons. The van der Waals surface area contributed by atoms with Crippen molar-refractivity contribution >= 4 is 33.4 Å². The Morgan fingerprint density at radius 3 is 2.37 bits per heavy atom. The van der Waals surface area contributed by atoms with Gasteiger partial charge >= 0.3 is 6.18 Å². The lowest BCUT2D eigenvalue weighted by atomic mass is 10.1. The molecule has 0 bridgehead atoms. The smallest absolute Gasteiger partial charge is 0.336 e. The van der Waals surface area contributed by atoms with Crippen LogP contribution in [0.5, 0.6) is 0 Å². The highest BCUT2D eigenvalue weighted by Crippen LogP contribution is 2.34. The summed E-state index contributed by atoms with van der Waals surface area (Å²) in [6.45, 7) is 1.12. The monoisotopic (exact) mass is 487 g/mol. The Morgan fingerprint density at radius 1 is 1.03 bits per heavy atom. The maximum Gasteiger partial charge on any atom is 0.418 e. The Morgan fingerprint density at radius 2 is 1.70 bits per heavy atom. The molecule has 0 unspecified atom stereocenters. The zero-order valence-corrected chi connectivity index (χ0v) is 17.3. The van der Waals surface area contributed by atoms with Crippen LogP contribution in [-0.2, 0) is 11.0 Å². The molecule has 1 aliphatic heterocycles. The number of amides is 2. The third-order valence-electron chi connectivity index (χ3n) is 4.69. The van der Waals surface area contributed by atoms with Gasteiger partial charge in [-0.25, -0.2) is 4.39 Å². The summed E-state index contributed by atoms with van der Waals surface area (Å²) < 4.78 is 53.6. The van der Waals surface area contributed by atoms with Crippen molar-refractivity contribution in [3.05, 3.63) is 63.9 Å². The van der Waals surface area contributed by atoms with E-state index < -0.39 is 29.4 Å². The normalized spacial score (nSPS) is 15.2. The van der Waals surface area contributed by atoms with Gasteiger partial charge in [0.1, 0.15) is 5.82 Å². The predicted octanol–water partition coefficient (Wildman–Crippen LogP) is 4.00. The van der Waals surface area contributed by atoms with E-state index in [9.17, 15) is 27.2 Å². The molecule has 2 amide bonds. The largest absolute Gasteiger partial charge is 0.418 e. The van der Waals surface area contributed by atoms with E-state index in [1.165, 1.54) is 41.3 Å². The summed E-state index contributed by atoms with van der Waals surface area (Å²) in [5.41, 5.74) is -1.25. The van der Waals surface area contributed by atoms with Crippen LogP contribution in [0.4, 0.5) is 23.2 Å². The summed E-state index contributed by atoms with van der Waals surface area (Å²) in [4.78, 5) is 28.0. The van der Waals surface area contributed by atoms with Gasteiger partial charge in [-0.15, -0.1) is 0 Å². The van der Waals surface area contributed by atoms with Gasteiger partial charge in [0, 0.05) is 30.7 Å². The van der Waals surface area contributed by atoms with Crippen molar-refractivity contribution < 1.29 is 27.2 Å². The molecule has 0 aliphatic carbocycles. The number of carbonyl (C=O) groups excluding carboxylic acids is 2. The first-order chi connectivity index (χ1) is 14.1. The zero-order chi connectivity index (χ0) is 21.9. The molecular formula is C20H18BrF4N3O2. The van der Waals surface area contributed by atoms with Crippen molar-refractivity contribution in [1.82, 2.24) is 9.80 Å². The molecule has 1 saturated heterocycles. The fraction of sp³-hybridized carbons (Fsp3) is 0.300. The van der Waals surface area contributed by atoms with Crippen LogP contribution < -0.4 is 5.32 Å². The lowest BCUT2D eigenvalue weighted by molar-refractivity contribution is -0.137. The Hall–Kier alpha value is -2.46. The number of hydrogen-bond acceptors (Lipinski definition) is 3. The van der Waals surface area contributed by atoms with Gasteiger partial charge in [-0.2, -0.15) is 13.2 Å². The summed E-state index contributed by atoms with van der Waals surface area (Å²) in [7, 11) is 0. The van der Waals surface area contributed by atoms with E-state index in [0.29, 0.717) is 17.6 Å². The molecule has 2 aromatic rings. The lowest BCUT2D eigenvalue weighted by Crippen LogP contribution is -2.50. The zero-order valence-electron chi connectivity index (χ0n) is 15.7. The summed E-state index contributed by atoms with van der Waals surface area (Å²) in [6, 6.07) is 8.88. The topological polar surface area (TPSA) is 52.7 Å². The molecule has 5 nitrogen and oxygen atoms in total. The summed E-state index contributed by atoms with van der Waals surface area (Å²) in [5.74, 6) is -1.64. The molecule has 0 radical (unpaired) electrons. The fourth-order valence-electron chi connectivity index (χ4n) is 3.17. The quantitative estimate of drug-likeness (QED) is 0.663. The fourth-order valence-corrected chi connectivity index (χ4v) is 3.53. The number of piperazine rings is 1. The van der Waals surface area contributed by atoms with Crippen LogP contribution in [0.2, 0.25) is 0 Å². The van der Waals surface area contributed by atoms with Crippen molar-refractivity contribution in [3.8, 4) is 0 Å². The molecule has 0 atom stereocenters. The van der Waals surface area contributed by atoms with Crippen LogP contribution >= 0.6 is 15.9 Å². The number of anilines is 1. The molecule has 1 N–H and O–H groups in total. The first kappa shape index (κ1) is 22.2. The second-order valence-electron chi connectivity index (χ2n) is 6.78. The summed E-state index contributed by atoms with van der Waals surface area (Å²) in [5, 5.41) is 2.30. The van der Waals surface area contributed by atoms with E-state index in [1.807, 2.05) is 0 Å². The molecule has 0 aromatic heterocycles. The van der Waals surface area contributed by atoms with E-state index in [2.05, 4.69) is 21.2 Å². The van der Waals surface area contributed by atoms with E-state index in [0.717, 1.165) is 6.07 Å². The van der Waals surface area contributed by atoms with Gasteiger partial charge in [0.15, 0.2) is 0 Å². The SMILES string of the molecule is O=C(CN1CCN(C(=O)c2cc(Br)ccc2F)CC1)Nc1ccccc1C(F)(F)F. The van der Waals surface area contributed by atoms with Gasteiger partial charge in [0.25, 0.3) is 5.91 Å². The van der Waals surface area contributed by atoms with Crippen LogP contribution in [0, 0.1) is 5.82 Å². The van der Waals surface area contributed by atoms with Crippen LogP contribution in [0.15, 0.2) is 46.9 Å². The molecule has 0 spiro atoms. The highest BCUT2D eigenvalue weighted by molar-refractivity contribution is 9.10. The predicted molar refractivity (Wildman–Crippen MR) is 107 cm³/mol. The number of hydrogen-bond donors (Lipinski definition) is 1. The molecule has 10 heteroatoms. The van der Waals surface area contributed by atoms with Gasteiger partial charge in [0.05, 0.1) is 23.4 Å². The average molecular weight is 488 g/mol. The summed E-state index contributed by atoms with van der Waals surface area (Å²) in [6.07, 6.45) is -4.57. The second kappa shape index (κ2) is 9.13. The van der Waals surface area contributed by atoms with Crippen LogP contribution in [0.1, 0.15) is 15.9 Å². The van der Waals surface area contributed by atoms with Crippen LogP contribution in [-0.4, -0.2) is 54.3 Å². The Balaban J connectivity index is 1.56. The number of nitrogens with zero attached hydrogens (tertiary/aromatic N) is 2. The third kappa shape index (κ3) is 5.37. The Bertz CT molecular complexity index is 944. The standard InChI is InChI=1S/C20H18BrF4N3O2/c21-13-5-6-16(22)14(11-13)19(30)28-9-7-27(8-10-28)12-18(29)26-17-4-2-1-3-15(17)20(23,24)25/h1-6,11H,7-10,12H2,(H,26,29). The molecule has 1 fully saturated rings. The third-order valence-corrected chi connectivity index (χ3v) is 5.19. The number of alkyl halides is 3. The minimum absolute atomic E-state index is 0.0423. The van der Waals surface area contributed by atoms with Gasteiger partial charge in [-0.3, -0.25) is 14.5 Å². The van der Waals surface area contributed by atoms with Gasteiger partial charge < -0.3 is 10.2 Å². The Kier molecular flexibility index (Phi) is 6.77. The van der Waals surface area contributed by atoms with Crippen molar-refractivity contribution in [1.29, 1.82) is 0 Å². The highest BCUT2D eigenvalue weighted by Gasteiger charge is 2.33. The first-order valence-electron chi connectivity index (χ1n) is 9.08. The van der Waals surface area contributed by atoms with Crippen LogP contribution in [0.25, 0.3) is 0 Å². The Labute approximate surface area is 178 Å². The van der Waals surface area contributed by atoms with Gasteiger partial charge in [-0.1, -0.05) is 28.1 Å². The van der Waals surface area contributed by atoms with E-state index in [-0.39, 0.29) is 30.9 Å². The molecule has 1 aliphatic rings. The van der Waals surface area contributed by atoms with Crippen molar-refractivity contribution in [3.63, 3.8) is 0 Å². The van der Waals surface area contributed by atoms with E-state index in [4.69, 9.17) is 0 Å². The number of benzene rings is 2. The molecule has 2 aromatic carbocycles. The number of nitrogens with one attached hydrogen (secondary N) is 1. The first-order valence-corrected chi connectivity index (χ1v) is 9.87. The van der Waals surface area contributed by atoms with Crippen molar-refractivity contribution in [2.45, 2.75) is 6.18 Å². The van der Waals surface area contributed by atoms with E-state index >= 15 is 0 Å². The van der Waals surface area contributed by atoms with Crippen molar-refractivity contribution in [2.24, 2.45) is 0 Å². The van der Waals surface area contributed by atoms with Gasteiger partial charge in [0.2, 0.25) is 5.91 Å². The molecule has 1 heterocycles. The van der Waals surface area contributed by atoms with Crippen LogP contribution in [0.3, 0.4) is 0 Å². The minimum atomic E-state index is -4.57. The lowest BCUT2D eigenvalue weighted by Gasteiger charge is -2.34. The number of para-hydroxylation sites is 1. The molecule has 3 rings (SSSR count). The minimum Gasteiger partial charge on any atom is -0.336 e. The molecule has 30 heavy (non-hydrogen) atoms.